The van der Waals surface area contributed by atoms with Gasteiger partial charge in [-0.2, -0.15) is 4.31 Å². The lowest BCUT2D eigenvalue weighted by molar-refractivity contribution is 0.205. The minimum Gasteiger partial charge on any atom is -0.207 e. The molecule has 3 aliphatic rings. The Morgan fingerprint density at radius 1 is 1.17 bits per heavy atom. The van der Waals surface area contributed by atoms with E-state index >= 15 is 0 Å². The zero-order valence-electron chi connectivity index (χ0n) is 10.3. The molecule has 4 rings (SSSR count). The molecule has 0 amide bonds. The van der Waals surface area contributed by atoms with Crippen molar-refractivity contribution >= 4 is 10.0 Å². The molecule has 4 heteroatoms. The molecular formula is C14H17NO2S. The van der Waals surface area contributed by atoms with Crippen molar-refractivity contribution in [2.75, 3.05) is 6.54 Å². The summed E-state index contributed by atoms with van der Waals surface area (Å²) in [4.78, 5) is 0.570. The van der Waals surface area contributed by atoms with Crippen LogP contribution in [0.15, 0.2) is 29.2 Å². The molecule has 2 fully saturated rings. The van der Waals surface area contributed by atoms with Gasteiger partial charge in [0.05, 0.1) is 4.90 Å². The lowest BCUT2D eigenvalue weighted by Crippen LogP contribution is -2.51. The zero-order chi connectivity index (χ0) is 12.4. The zero-order valence-corrected chi connectivity index (χ0v) is 11.1. The Balaban J connectivity index is 2.05. The number of hydrogen-bond donors (Lipinski definition) is 0. The predicted molar refractivity (Wildman–Crippen MR) is 68.9 cm³/mol. The molecule has 3 nitrogen and oxygen atoms in total. The third kappa shape index (κ3) is 1.11. The lowest BCUT2D eigenvalue weighted by Gasteiger charge is -2.46. The van der Waals surface area contributed by atoms with Crippen molar-refractivity contribution in [3.63, 3.8) is 0 Å². The fourth-order valence-corrected chi connectivity index (χ4v) is 6.39. The van der Waals surface area contributed by atoms with Gasteiger partial charge in [-0.15, -0.1) is 0 Å². The van der Waals surface area contributed by atoms with Gasteiger partial charge in [0.25, 0.3) is 0 Å². The molecule has 1 saturated carbocycles. The monoisotopic (exact) mass is 263 g/mol. The summed E-state index contributed by atoms with van der Waals surface area (Å²) in [6, 6.07) is 7.90. The van der Waals surface area contributed by atoms with Crippen LogP contribution in [0.4, 0.5) is 0 Å². The number of benzene rings is 1. The van der Waals surface area contributed by atoms with E-state index in [1.54, 1.807) is 10.4 Å². The minimum atomic E-state index is -3.23. The topological polar surface area (TPSA) is 37.4 Å². The van der Waals surface area contributed by atoms with E-state index in [9.17, 15) is 8.42 Å². The third-order valence-electron chi connectivity index (χ3n) is 5.12. The molecule has 2 heterocycles. The summed E-state index contributed by atoms with van der Waals surface area (Å²) in [5.74, 6) is 0. The number of nitrogens with zero attached hydrogens (tertiary/aromatic N) is 1. The first-order chi connectivity index (χ1) is 8.66. The van der Waals surface area contributed by atoms with Crippen molar-refractivity contribution < 1.29 is 8.42 Å². The summed E-state index contributed by atoms with van der Waals surface area (Å²) in [5, 5.41) is 0. The Bertz CT molecular complexity index is 610. The first-order valence-electron chi connectivity index (χ1n) is 6.78. The molecule has 0 radical (unpaired) electrons. The van der Waals surface area contributed by atoms with E-state index < -0.39 is 10.0 Å². The molecule has 1 aromatic carbocycles. The van der Waals surface area contributed by atoms with Gasteiger partial charge < -0.3 is 0 Å². The molecule has 1 aliphatic carbocycles. The van der Waals surface area contributed by atoms with Crippen LogP contribution in [-0.2, 0) is 15.4 Å². The van der Waals surface area contributed by atoms with E-state index in [0.29, 0.717) is 11.4 Å². The van der Waals surface area contributed by atoms with Gasteiger partial charge >= 0.3 is 0 Å². The molecule has 0 aromatic heterocycles. The Morgan fingerprint density at radius 3 is 2.89 bits per heavy atom. The van der Waals surface area contributed by atoms with Gasteiger partial charge in [0.1, 0.15) is 0 Å². The van der Waals surface area contributed by atoms with Crippen molar-refractivity contribution in [1.29, 1.82) is 0 Å². The fourth-order valence-electron chi connectivity index (χ4n) is 4.36. The second-order valence-corrected chi connectivity index (χ2v) is 7.64. The molecule has 1 aromatic rings. The van der Waals surface area contributed by atoms with Crippen LogP contribution in [0, 0.1) is 0 Å². The van der Waals surface area contributed by atoms with Gasteiger partial charge in [-0.05, 0) is 30.9 Å². The second-order valence-electron chi connectivity index (χ2n) is 5.78. The molecule has 96 valence electrons. The van der Waals surface area contributed by atoms with Crippen molar-refractivity contribution in [1.82, 2.24) is 4.31 Å². The summed E-state index contributed by atoms with van der Waals surface area (Å²) < 4.78 is 27.1. The predicted octanol–water partition coefficient (Wildman–Crippen LogP) is 2.28. The van der Waals surface area contributed by atoms with Gasteiger partial charge in [-0.25, -0.2) is 8.42 Å². The van der Waals surface area contributed by atoms with Gasteiger partial charge in [0.2, 0.25) is 10.0 Å². The van der Waals surface area contributed by atoms with Crippen LogP contribution in [0.1, 0.15) is 37.7 Å². The normalized spacial score (nSPS) is 40.0. The standard InChI is InChI=1S/C14H17NO2S/c16-18(17)12-6-2-1-5-11(12)14-8-4-3-7-13(14)15(18)10-9-14/h1-2,5-6,13H,3-4,7-10H2/t13-,14+/m1/s1. The highest BCUT2D eigenvalue weighted by atomic mass is 32.2. The quantitative estimate of drug-likeness (QED) is 0.720. The van der Waals surface area contributed by atoms with Gasteiger partial charge in [0.15, 0.2) is 0 Å². The first-order valence-corrected chi connectivity index (χ1v) is 8.22. The van der Waals surface area contributed by atoms with Crippen LogP contribution in [0.25, 0.3) is 0 Å². The smallest absolute Gasteiger partial charge is 0.207 e. The summed E-state index contributed by atoms with van der Waals surface area (Å²) in [5.41, 5.74) is 1.23. The van der Waals surface area contributed by atoms with Crippen LogP contribution < -0.4 is 0 Å². The van der Waals surface area contributed by atoms with E-state index in [2.05, 4.69) is 0 Å². The van der Waals surface area contributed by atoms with Crippen molar-refractivity contribution in [3.05, 3.63) is 29.8 Å². The van der Waals surface area contributed by atoms with E-state index in [1.807, 2.05) is 18.2 Å². The SMILES string of the molecule is O=S1(=O)c2ccccc2[C@@]23CCCC[C@H]2N1CC3. The largest absolute Gasteiger partial charge is 0.243 e. The van der Waals surface area contributed by atoms with E-state index in [-0.39, 0.29) is 11.5 Å². The Labute approximate surface area is 108 Å². The number of fused-ring (bicyclic) bond motifs is 1. The summed E-state index contributed by atoms with van der Waals surface area (Å²) in [6.07, 6.45) is 5.60. The molecule has 0 N–H and O–H groups in total. The Kier molecular flexibility index (Phi) is 2.06. The number of hydrogen-bond acceptors (Lipinski definition) is 2. The summed E-state index contributed by atoms with van der Waals surface area (Å²) in [6.45, 7) is 0.710. The van der Waals surface area contributed by atoms with Crippen molar-refractivity contribution in [2.24, 2.45) is 0 Å². The molecule has 18 heavy (non-hydrogen) atoms. The van der Waals surface area contributed by atoms with Gasteiger partial charge in [0, 0.05) is 18.0 Å². The molecule has 2 aliphatic heterocycles. The molecule has 2 bridgehead atoms. The Hall–Kier alpha value is -0.870. The maximum atomic E-state index is 12.6. The fraction of sp³-hybridized carbons (Fsp3) is 0.571. The average molecular weight is 263 g/mol. The average Bonchev–Trinajstić information content (AvgIpc) is 2.76. The van der Waals surface area contributed by atoms with Gasteiger partial charge in [-0.1, -0.05) is 31.0 Å². The highest BCUT2D eigenvalue weighted by Gasteiger charge is 2.58. The molecule has 3 atom stereocenters. The Morgan fingerprint density at radius 2 is 2.00 bits per heavy atom. The summed E-state index contributed by atoms with van der Waals surface area (Å²) in [7, 11) is -3.23. The highest BCUT2D eigenvalue weighted by Crippen LogP contribution is 2.55. The van der Waals surface area contributed by atoms with Crippen LogP contribution >= 0.6 is 0 Å². The third-order valence-corrected chi connectivity index (χ3v) is 7.09. The van der Waals surface area contributed by atoms with Crippen LogP contribution in [0.3, 0.4) is 0 Å². The maximum Gasteiger partial charge on any atom is 0.243 e. The maximum absolute atomic E-state index is 12.6. The molecular weight excluding hydrogens is 246 g/mol. The molecule has 1 unspecified atom stereocenters. The van der Waals surface area contributed by atoms with E-state index in [4.69, 9.17) is 0 Å². The van der Waals surface area contributed by atoms with E-state index in [0.717, 1.165) is 24.8 Å². The lowest BCUT2D eigenvalue weighted by atomic mass is 9.66. The highest BCUT2D eigenvalue weighted by molar-refractivity contribution is 7.89. The van der Waals surface area contributed by atoms with E-state index in [1.165, 1.54) is 12.8 Å². The van der Waals surface area contributed by atoms with Crippen LogP contribution in [0.5, 0.6) is 0 Å². The molecule has 0 spiro atoms. The first kappa shape index (κ1) is 11.0. The summed E-state index contributed by atoms with van der Waals surface area (Å²) >= 11 is 0. The minimum absolute atomic E-state index is 0.125. The number of rotatable bonds is 0. The molecule has 1 saturated heterocycles. The van der Waals surface area contributed by atoms with Crippen molar-refractivity contribution in [3.8, 4) is 0 Å². The second kappa shape index (κ2) is 3.36. The van der Waals surface area contributed by atoms with Crippen molar-refractivity contribution in [2.45, 2.75) is 48.5 Å². The van der Waals surface area contributed by atoms with Crippen LogP contribution in [0.2, 0.25) is 0 Å². The van der Waals surface area contributed by atoms with Gasteiger partial charge in [-0.3, -0.25) is 0 Å². The number of sulfonamides is 1. The van der Waals surface area contributed by atoms with Crippen LogP contribution in [-0.4, -0.2) is 25.3 Å².